The van der Waals surface area contributed by atoms with Crippen molar-refractivity contribution >= 4 is 0 Å². The fourth-order valence-corrected chi connectivity index (χ4v) is 1.23. The molecule has 0 radical (unpaired) electrons. The lowest BCUT2D eigenvalue weighted by Gasteiger charge is -2.16. The third-order valence-electron chi connectivity index (χ3n) is 2.33. The number of nitrogens with two attached hydrogens (primary N) is 1. The SMILES string of the molecule is CCC(N)C(C)c1nccc(C)n1. The number of hydrogen-bond donors (Lipinski definition) is 1. The second-order valence-electron chi connectivity index (χ2n) is 3.42. The van der Waals surface area contributed by atoms with Crippen LogP contribution < -0.4 is 5.73 Å². The summed E-state index contributed by atoms with van der Waals surface area (Å²) >= 11 is 0. The molecule has 1 heterocycles. The topological polar surface area (TPSA) is 51.8 Å². The van der Waals surface area contributed by atoms with E-state index in [1.807, 2.05) is 13.0 Å². The van der Waals surface area contributed by atoms with Crippen LogP contribution in [-0.4, -0.2) is 16.0 Å². The van der Waals surface area contributed by atoms with Gasteiger partial charge in [0.25, 0.3) is 0 Å². The van der Waals surface area contributed by atoms with E-state index in [-0.39, 0.29) is 12.0 Å². The average Bonchev–Trinajstić information content (AvgIpc) is 2.15. The summed E-state index contributed by atoms with van der Waals surface area (Å²) in [5.41, 5.74) is 6.92. The van der Waals surface area contributed by atoms with Crippen LogP contribution in [0.15, 0.2) is 12.3 Å². The van der Waals surface area contributed by atoms with Crippen molar-refractivity contribution in [3.05, 3.63) is 23.8 Å². The molecule has 1 aromatic rings. The van der Waals surface area contributed by atoms with E-state index in [1.54, 1.807) is 6.20 Å². The Balaban J connectivity index is 2.82. The summed E-state index contributed by atoms with van der Waals surface area (Å²) in [6.07, 6.45) is 2.75. The van der Waals surface area contributed by atoms with Crippen LogP contribution in [0, 0.1) is 6.92 Å². The molecule has 0 amide bonds. The molecule has 1 aromatic heterocycles. The molecule has 0 spiro atoms. The van der Waals surface area contributed by atoms with Crippen LogP contribution in [0.1, 0.15) is 37.7 Å². The minimum Gasteiger partial charge on any atom is -0.327 e. The Morgan fingerprint density at radius 2 is 2.23 bits per heavy atom. The molecule has 0 aliphatic rings. The fraction of sp³-hybridized carbons (Fsp3) is 0.600. The first-order chi connectivity index (χ1) is 6.15. The van der Waals surface area contributed by atoms with E-state index in [0.717, 1.165) is 17.9 Å². The van der Waals surface area contributed by atoms with Gasteiger partial charge in [-0.05, 0) is 19.4 Å². The maximum Gasteiger partial charge on any atom is 0.132 e. The van der Waals surface area contributed by atoms with Crippen LogP contribution in [-0.2, 0) is 0 Å². The lowest BCUT2D eigenvalue weighted by Crippen LogP contribution is -2.27. The normalized spacial score (nSPS) is 15.4. The molecular formula is C10H17N3. The van der Waals surface area contributed by atoms with Gasteiger partial charge in [-0.3, -0.25) is 0 Å². The van der Waals surface area contributed by atoms with Crippen LogP contribution in [0.25, 0.3) is 0 Å². The maximum atomic E-state index is 5.92. The van der Waals surface area contributed by atoms with Crippen molar-refractivity contribution in [1.82, 2.24) is 9.97 Å². The van der Waals surface area contributed by atoms with Gasteiger partial charge < -0.3 is 5.73 Å². The lowest BCUT2D eigenvalue weighted by atomic mass is 10.00. The summed E-state index contributed by atoms with van der Waals surface area (Å²) in [7, 11) is 0. The van der Waals surface area contributed by atoms with Gasteiger partial charge in [0.05, 0.1) is 0 Å². The number of rotatable bonds is 3. The van der Waals surface area contributed by atoms with Gasteiger partial charge >= 0.3 is 0 Å². The number of hydrogen-bond acceptors (Lipinski definition) is 3. The molecule has 2 N–H and O–H groups in total. The monoisotopic (exact) mass is 179 g/mol. The predicted octanol–water partition coefficient (Wildman–Crippen LogP) is 1.63. The van der Waals surface area contributed by atoms with Gasteiger partial charge in [0, 0.05) is 23.9 Å². The number of aryl methyl sites for hydroxylation is 1. The largest absolute Gasteiger partial charge is 0.327 e. The van der Waals surface area contributed by atoms with Crippen LogP contribution in [0.5, 0.6) is 0 Å². The molecule has 2 unspecified atom stereocenters. The number of nitrogens with zero attached hydrogens (tertiary/aromatic N) is 2. The van der Waals surface area contributed by atoms with Crippen molar-refractivity contribution in [2.45, 2.75) is 39.2 Å². The first-order valence-electron chi connectivity index (χ1n) is 4.70. The summed E-state index contributed by atoms with van der Waals surface area (Å²) in [5.74, 6) is 1.10. The smallest absolute Gasteiger partial charge is 0.132 e. The highest BCUT2D eigenvalue weighted by molar-refractivity contribution is 5.05. The summed E-state index contributed by atoms with van der Waals surface area (Å²) in [6, 6.07) is 2.05. The highest BCUT2D eigenvalue weighted by Crippen LogP contribution is 2.15. The Labute approximate surface area is 79.4 Å². The summed E-state index contributed by atoms with van der Waals surface area (Å²) in [6.45, 7) is 6.12. The van der Waals surface area contributed by atoms with E-state index in [1.165, 1.54) is 0 Å². The Kier molecular flexibility index (Phi) is 3.37. The molecule has 72 valence electrons. The van der Waals surface area contributed by atoms with E-state index >= 15 is 0 Å². The van der Waals surface area contributed by atoms with Crippen molar-refractivity contribution in [3.8, 4) is 0 Å². The molecular weight excluding hydrogens is 162 g/mol. The predicted molar refractivity (Wildman–Crippen MR) is 53.5 cm³/mol. The zero-order valence-electron chi connectivity index (χ0n) is 8.49. The van der Waals surface area contributed by atoms with Crippen LogP contribution >= 0.6 is 0 Å². The van der Waals surface area contributed by atoms with E-state index in [2.05, 4.69) is 23.8 Å². The quantitative estimate of drug-likeness (QED) is 0.767. The standard InChI is InChI=1S/C10H17N3/c1-4-9(11)8(3)10-12-6-5-7(2)13-10/h5-6,8-9H,4,11H2,1-3H3. The van der Waals surface area contributed by atoms with Crippen LogP contribution in [0.2, 0.25) is 0 Å². The third kappa shape index (κ3) is 2.49. The van der Waals surface area contributed by atoms with Gasteiger partial charge in [0.2, 0.25) is 0 Å². The highest BCUT2D eigenvalue weighted by Gasteiger charge is 2.15. The Hall–Kier alpha value is -0.960. The van der Waals surface area contributed by atoms with E-state index in [9.17, 15) is 0 Å². The molecule has 3 nitrogen and oxygen atoms in total. The first-order valence-corrected chi connectivity index (χ1v) is 4.70. The van der Waals surface area contributed by atoms with Crippen molar-refractivity contribution in [2.24, 2.45) is 5.73 Å². The van der Waals surface area contributed by atoms with Gasteiger partial charge in [-0.25, -0.2) is 9.97 Å². The van der Waals surface area contributed by atoms with Gasteiger partial charge in [-0.2, -0.15) is 0 Å². The van der Waals surface area contributed by atoms with Crippen LogP contribution in [0.3, 0.4) is 0 Å². The Morgan fingerprint density at radius 1 is 1.54 bits per heavy atom. The van der Waals surface area contributed by atoms with Gasteiger partial charge in [0.15, 0.2) is 0 Å². The van der Waals surface area contributed by atoms with Gasteiger partial charge in [-0.1, -0.05) is 13.8 Å². The zero-order valence-corrected chi connectivity index (χ0v) is 8.49. The Bertz CT molecular complexity index is 273. The lowest BCUT2D eigenvalue weighted by molar-refractivity contribution is 0.527. The fourth-order valence-electron chi connectivity index (χ4n) is 1.23. The van der Waals surface area contributed by atoms with Crippen molar-refractivity contribution < 1.29 is 0 Å². The van der Waals surface area contributed by atoms with Crippen molar-refractivity contribution in [1.29, 1.82) is 0 Å². The first kappa shape index (κ1) is 10.1. The average molecular weight is 179 g/mol. The van der Waals surface area contributed by atoms with Crippen molar-refractivity contribution in [3.63, 3.8) is 0 Å². The van der Waals surface area contributed by atoms with Crippen LogP contribution in [0.4, 0.5) is 0 Å². The minimum absolute atomic E-state index is 0.154. The van der Waals surface area contributed by atoms with Gasteiger partial charge in [-0.15, -0.1) is 0 Å². The van der Waals surface area contributed by atoms with E-state index in [4.69, 9.17) is 5.73 Å². The third-order valence-corrected chi connectivity index (χ3v) is 2.33. The molecule has 0 saturated heterocycles. The van der Waals surface area contributed by atoms with Gasteiger partial charge in [0.1, 0.15) is 5.82 Å². The van der Waals surface area contributed by atoms with Crippen molar-refractivity contribution in [2.75, 3.05) is 0 Å². The second-order valence-corrected chi connectivity index (χ2v) is 3.42. The molecule has 0 saturated carbocycles. The van der Waals surface area contributed by atoms with E-state index in [0.29, 0.717) is 0 Å². The molecule has 1 rings (SSSR count). The Morgan fingerprint density at radius 3 is 2.77 bits per heavy atom. The molecule has 13 heavy (non-hydrogen) atoms. The minimum atomic E-state index is 0.154. The molecule has 0 bridgehead atoms. The molecule has 0 fully saturated rings. The summed E-state index contributed by atoms with van der Waals surface area (Å²) < 4.78 is 0. The zero-order chi connectivity index (χ0) is 9.84. The molecule has 0 aliphatic heterocycles. The second kappa shape index (κ2) is 4.33. The highest BCUT2D eigenvalue weighted by atomic mass is 14.9. The molecule has 2 atom stereocenters. The molecule has 0 aliphatic carbocycles. The molecule has 0 aromatic carbocycles. The number of aromatic nitrogens is 2. The maximum absolute atomic E-state index is 5.92. The summed E-state index contributed by atoms with van der Waals surface area (Å²) in [5, 5.41) is 0. The van der Waals surface area contributed by atoms with E-state index < -0.39 is 0 Å². The summed E-state index contributed by atoms with van der Waals surface area (Å²) in [4.78, 5) is 8.57. The molecule has 3 heteroatoms.